The summed E-state index contributed by atoms with van der Waals surface area (Å²) in [6.07, 6.45) is 0.722. The largest absolute Gasteiger partial charge is 0.492 e. The van der Waals surface area contributed by atoms with E-state index in [1.807, 2.05) is 12.1 Å². The van der Waals surface area contributed by atoms with Crippen LogP contribution in [0.25, 0.3) is 11.1 Å². The Morgan fingerprint density at radius 2 is 1.92 bits per heavy atom. The molecule has 1 fully saturated rings. The van der Waals surface area contributed by atoms with Crippen LogP contribution in [0, 0.1) is 0 Å². The van der Waals surface area contributed by atoms with Crippen molar-refractivity contribution in [1.82, 2.24) is 4.31 Å². The fourth-order valence-corrected chi connectivity index (χ4v) is 5.14. The predicted molar refractivity (Wildman–Crippen MR) is 99.2 cm³/mol. The second-order valence-electron chi connectivity index (χ2n) is 7.59. The minimum Gasteiger partial charge on any atom is -0.492 e. The van der Waals surface area contributed by atoms with Crippen LogP contribution in [0.4, 0.5) is 0 Å². The summed E-state index contributed by atoms with van der Waals surface area (Å²) in [4.78, 5) is 0. The molecular weight excluding hydrogens is 334 g/mol. The van der Waals surface area contributed by atoms with Gasteiger partial charge >= 0.3 is 0 Å². The van der Waals surface area contributed by atoms with E-state index in [1.165, 1.54) is 5.56 Å². The van der Waals surface area contributed by atoms with Gasteiger partial charge in [0, 0.05) is 24.1 Å². The number of hydrogen-bond acceptors (Lipinski definition) is 3. The highest BCUT2D eigenvalue weighted by molar-refractivity contribution is 7.89. The van der Waals surface area contributed by atoms with Gasteiger partial charge in [0.15, 0.2) is 0 Å². The lowest BCUT2D eigenvalue weighted by atomic mass is 9.86. The summed E-state index contributed by atoms with van der Waals surface area (Å²) in [5.74, 6) is 1.22. The van der Waals surface area contributed by atoms with Crippen molar-refractivity contribution < 1.29 is 13.2 Å². The van der Waals surface area contributed by atoms with Crippen LogP contribution in [0.1, 0.15) is 31.4 Å². The van der Waals surface area contributed by atoms with Gasteiger partial charge in [0.05, 0.1) is 12.4 Å². The Hall–Kier alpha value is -1.85. The van der Waals surface area contributed by atoms with Gasteiger partial charge in [-0.3, -0.25) is 0 Å². The summed E-state index contributed by atoms with van der Waals surface area (Å²) in [7, 11) is -3.07. The molecule has 4 rings (SSSR count). The van der Waals surface area contributed by atoms with Crippen LogP contribution in [0.3, 0.4) is 0 Å². The molecule has 0 saturated carbocycles. The summed E-state index contributed by atoms with van der Waals surface area (Å²) in [6, 6.07) is 14.5. The first-order valence-corrected chi connectivity index (χ1v) is 10.3. The maximum absolute atomic E-state index is 12.0. The lowest BCUT2D eigenvalue weighted by Gasteiger charge is -2.16. The molecule has 132 valence electrons. The van der Waals surface area contributed by atoms with Gasteiger partial charge in [-0.25, -0.2) is 8.42 Å². The van der Waals surface area contributed by atoms with Gasteiger partial charge in [-0.05, 0) is 35.2 Å². The van der Waals surface area contributed by atoms with E-state index in [4.69, 9.17) is 4.74 Å². The quantitative estimate of drug-likeness (QED) is 0.844. The molecule has 0 amide bonds. The Morgan fingerprint density at radius 3 is 2.68 bits per heavy atom. The molecular formula is C20H23NO3S. The Kier molecular flexibility index (Phi) is 3.89. The molecule has 0 N–H and O–H groups in total. The van der Waals surface area contributed by atoms with Crippen molar-refractivity contribution in [2.45, 2.75) is 32.2 Å². The Morgan fingerprint density at radius 1 is 1.12 bits per heavy atom. The molecule has 2 aromatic rings. The predicted octanol–water partition coefficient (Wildman–Crippen LogP) is 3.56. The minimum absolute atomic E-state index is 0.0554. The fourth-order valence-electron chi connectivity index (χ4n) is 3.64. The monoisotopic (exact) mass is 357 g/mol. The first kappa shape index (κ1) is 16.6. The molecule has 2 heterocycles. The maximum atomic E-state index is 12.0. The molecule has 0 unspecified atom stereocenters. The summed E-state index contributed by atoms with van der Waals surface area (Å²) >= 11 is 0. The van der Waals surface area contributed by atoms with Crippen molar-refractivity contribution in [1.29, 1.82) is 0 Å². The highest BCUT2D eigenvalue weighted by Gasteiger charge is 2.32. The molecule has 1 saturated heterocycles. The Bertz CT molecular complexity index is 918. The summed E-state index contributed by atoms with van der Waals surface area (Å²) in [5, 5.41) is 0. The van der Waals surface area contributed by atoms with Crippen LogP contribution in [0.15, 0.2) is 42.5 Å². The van der Waals surface area contributed by atoms with Crippen LogP contribution in [-0.2, 0) is 22.0 Å². The van der Waals surface area contributed by atoms with Gasteiger partial charge in [-0.1, -0.05) is 44.2 Å². The number of sulfonamides is 1. The lowest BCUT2D eigenvalue weighted by molar-refractivity contribution is 0.291. The van der Waals surface area contributed by atoms with Crippen molar-refractivity contribution in [3.05, 3.63) is 53.6 Å². The van der Waals surface area contributed by atoms with E-state index in [9.17, 15) is 8.42 Å². The third-order valence-electron chi connectivity index (χ3n) is 5.12. The third kappa shape index (κ3) is 3.07. The van der Waals surface area contributed by atoms with Gasteiger partial charge in [-0.2, -0.15) is 4.31 Å². The smallest absolute Gasteiger partial charge is 0.214 e. The van der Waals surface area contributed by atoms with Crippen molar-refractivity contribution in [2.24, 2.45) is 0 Å². The minimum atomic E-state index is -3.07. The standard InChI is InChI=1S/C20H23NO3S/c1-20(2)14-24-19-12-17(7-8-18(19)20)16-6-3-5-15(11-16)13-21-9-4-10-25(21,22)23/h3,5-8,11-12H,4,9-10,13-14H2,1-2H3. The SMILES string of the molecule is CC1(C)COc2cc(-c3cccc(CN4CCCS4(=O)=O)c3)ccc21. The van der Waals surface area contributed by atoms with E-state index in [0.29, 0.717) is 19.7 Å². The van der Waals surface area contributed by atoms with E-state index in [2.05, 4.69) is 44.2 Å². The molecule has 5 heteroatoms. The Labute approximate surface area is 149 Å². The summed E-state index contributed by atoms with van der Waals surface area (Å²) < 4.78 is 31.5. The van der Waals surface area contributed by atoms with Crippen molar-refractivity contribution >= 4 is 10.0 Å². The first-order valence-electron chi connectivity index (χ1n) is 8.70. The van der Waals surface area contributed by atoms with Gasteiger partial charge in [0.25, 0.3) is 0 Å². The zero-order valence-electron chi connectivity index (χ0n) is 14.7. The van der Waals surface area contributed by atoms with Gasteiger partial charge in [0.2, 0.25) is 10.0 Å². The van der Waals surface area contributed by atoms with Gasteiger partial charge in [0.1, 0.15) is 5.75 Å². The molecule has 0 radical (unpaired) electrons. The highest BCUT2D eigenvalue weighted by atomic mass is 32.2. The van der Waals surface area contributed by atoms with Crippen LogP contribution in [0.5, 0.6) is 5.75 Å². The Balaban J connectivity index is 1.62. The van der Waals surface area contributed by atoms with E-state index >= 15 is 0 Å². The summed E-state index contributed by atoms with van der Waals surface area (Å²) in [6.45, 7) is 6.16. The molecule has 0 aromatic heterocycles. The summed E-state index contributed by atoms with van der Waals surface area (Å²) in [5.41, 5.74) is 4.51. The molecule has 2 aliphatic heterocycles. The highest BCUT2D eigenvalue weighted by Crippen LogP contribution is 2.40. The second kappa shape index (κ2) is 5.85. The zero-order valence-corrected chi connectivity index (χ0v) is 15.5. The first-order chi connectivity index (χ1) is 11.9. The van der Waals surface area contributed by atoms with Crippen LogP contribution < -0.4 is 4.74 Å². The average Bonchev–Trinajstić information content (AvgIpc) is 3.07. The lowest BCUT2D eigenvalue weighted by Crippen LogP contribution is -2.25. The number of benzene rings is 2. The van der Waals surface area contributed by atoms with E-state index in [1.54, 1.807) is 4.31 Å². The zero-order chi connectivity index (χ0) is 17.7. The molecule has 0 spiro atoms. The van der Waals surface area contributed by atoms with E-state index in [0.717, 1.165) is 28.9 Å². The second-order valence-corrected chi connectivity index (χ2v) is 9.68. The average molecular weight is 357 g/mol. The molecule has 2 aromatic carbocycles. The normalized spacial score (nSPS) is 21.0. The van der Waals surface area contributed by atoms with Crippen molar-refractivity contribution in [2.75, 3.05) is 18.9 Å². The third-order valence-corrected chi connectivity index (χ3v) is 7.02. The number of ether oxygens (including phenoxy) is 1. The topological polar surface area (TPSA) is 46.6 Å². The number of rotatable bonds is 3. The molecule has 0 atom stereocenters. The van der Waals surface area contributed by atoms with Crippen molar-refractivity contribution in [3.63, 3.8) is 0 Å². The van der Waals surface area contributed by atoms with Gasteiger partial charge < -0.3 is 4.74 Å². The maximum Gasteiger partial charge on any atom is 0.214 e. The van der Waals surface area contributed by atoms with Crippen LogP contribution >= 0.6 is 0 Å². The number of hydrogen-bond donors (Lipinski definition) is 0. The number of fused-ring (bicyclic) bond motifs is 1. The van der Waals surface area contributed by atoms with Crippen molar-refractivity contribution in [3.8, 4) is 16.9 Å². The fraction of sp³-hybridized carbons (Fsp3) is 0.400. The molecule has 0 aliphatic carbocycles. The number of nitrogens with zero attached hydrogens (tertiary/aromatic N) is 1. The molecule has 4 nitrogen and oxygen atoms in total. The van der Waals surface area contributed by atoms with Crippen LogP contribution in [-0.4, -0.2) is 31.6 Å². The molecule has 0 bridgehead atoms. The van der Waals surface area contributed by atoms with E-state index in [-0.39, 0.29) is 11.2 Å². The molecule has 2 aliphatic rings. The van der Waals surface area contributed by atoms with Gasteiger partial charge in [-0.15, -0.1) is 0 Å². The van der Waals surface area contributed by atoms with E-state index < -0.39 is 10.0 Å². The van der Waals surface area contributed by atoms with Crippen LogP contribution in [0.2, 0.25) is 0 Å². The molecule has 25 heavy (non-hydrogen) atoms.